The summed E-state index contributed by atoms with van der Waals surface area (Å²) >= 11 is 5.99. The van der Waals surface area contributed by atoms with E-state index in [-0.39, 0.29) is 12.5 Å². The number of methoxy groups -OCH3 is 1. The Hall–Kier alpha value is -2.99. The number of carbonyl (C=O) groups is 2. The van der Waals surface area contributed by atoms with Crippen LogP contribution in [-0.2, 0) is 9.53 Å². The molecule has 0 spiro atoms. The zero-order valence-electron chi connectivity index (χ0n) is 15.3. The third-order valence-corrected chi connectivity index (χ3v) is 3.94. The zero-order valence-corrected chi connectivity index (χ0v) is 16.1. The van der Waals surface area contributed by atoms with Crippen molar-refractivity contribution < 1.29 is 19.1 Å². The number of hydrogen-bond donors (Lipinski definition) is 2. The lowest BCUT2D eigenvalue weighted by Crippen LogP contribution is -2.15. The first kappa shape index (κ1) is 20.3. The number of halogens is 1. The summed E-state index contributed by atoms with van der Waals surface area (Å²) in [5.74, 6) is 0.286. The highest BCUT2D eigenvalue weighted by Crippen LogP contribution is 2.25. The Balaban J connectivity index is 2.12. The number of carbonyl (C=O) groups excluding carboxylic acids is 2. The van der Waals surface area contributed by atoms with Gasteiger partial charge in [-0.15, -0.1) is 0 Å². The summed E-state index contributed by atoms with van der Waals surface area (Å²) in [4.78, 5) is 23.9. The summed E-state index contributed by atoms with van der Waals surface area (Å²) in [6, 6.07) is 10.4. The van der Waals surface area contributed by atoms with Crippen LogP contribution < -0.4 is 15.4 Å². The Morgan fingerprint density at radius 3 is 2.52 bits per heavy atom. The molecule has 2 aromatic carbocycles. The van der Waals surface area contributed by atoms with Crippen LogP contribution in [0.15, 0.2) is 42.5 Å². The van der Waals surface area contributed by atoms with Crippen molar-refractivity contribution in [1.82, 2.24) is 0 Å². The summed E-state index contributed by atoms with van der Waals surface area (Å²) in [5, 5.41) is 5.97. The van der Waals surface area contributed by atoms with Gasteiger partial charge in [-0.2, -0.15) is 0 Å². The van der Waals surface area contributed by atoms with Gasteiger partial charge in [-0.3, -0.25) is 10.1 Å². The summed E-state index contributed by atoms with van der Waals surface area (Å²) in [6.07, 6.45) is 2.46. The summed E-state index contributed by atoms with van der Waals surface area (Å²) in [5.41, 5.74) is 2.55. The van der Waals surface area contributed by atoms with Crippen molar-refractivity contribution in [1.29, 1.82) is 0 Å². The van der Waals surface area contributed by atoms with Crippen molar-refractivity contribution in [3.63, 3.8) is 0 Å². The topological polar surface area (TPSA) is 76.7 Å². The van der Waals surface area contributed by atoms with E-state index in [1.54, 1.807) is 63.4 Å². The Bertz CT molecular complexity index is 865. The number of anilines is 2. The molecule has 2 rings (SSSR count). The van der Waals surface area contributed by atoms with Crippen LogP contribution >= 0.6 is 11.6 Å². The SMILES string of the molecule is CCOC(=O)Nc1cccc(NC(=O)C=Cc2cc(Cl)ccc2OC)c1C. The minimum absolute atomic E-state index is 0.277. The van der Waals surface area contributed by atoms with Crippen LogP contribution in [-0.4, -0.2) is 25.7 Å². The van der Waals surface area contributed by atoms with Crippen LogP contribution in [0.4, 0.5) is 16.2 Å². The van der Waals surface area contributed by atoms with Crippen LogP contribution in [0.5, 0.6) is 5.75 Å². The molecule has 27 heavy (non-hydrogen) atoms. The van der Waals surface area contributed by atoms with Crippen molar-refractivity contribution in [2.24, 2.45) is 0 Å². The maximum atomic E-state index is 12.3. The number of rotatable bonds is 6. The van der Waals surface area contributed by atoms with Crippen LogP contribution in [0, 0.1) is 6.92 Å². The zero-order chi connectivity index (χ0) is 19.8. The third kappa shape index (κ3) is 5.76. The van der Waals surface area contributed by atoms with E-state index in [0.717, 1.165) is 0 Å². The predicted octanol–water partition coefficient (Wildman–Crippen LogP) is 4.88. The second-order valence-electron chi connectivity index (χ2n) is 5.53. The highest BCUT2D eigenvalue weighted by molar-refractivity contribution is 6.30. The fourth-order valence-electron chi connectivity index (χ4n) is 2.36. The van der Waals surface area contributed by atoms with Gasteiger partial charge in [-0.05, 0) is 55.8 Å². The Morgan fingerprint density at radius 2 is 1.85 bits per heavy atom. The molecule has 0 aliphatic rings. The highest BCUT2D eigenvalue weighted by atomic mass is 35.5. The van der Waals surface area contributed by atoms with E-state index in [4.69, 9.17) is 21.1 Å². The number of ether oxygens (including phenoxy) is 2. The van der Waals surface area contributed by atoms with E-state index in [9.17, 15) is 9.59 Å². The molecule has 0 bridgehead atoms. The number of hydrogen-bond acceptors (Lipinski definition) is 4. The highest BCUT2D eigenvalue weighted by Gasteiger charge is 2.09. The number of benzene rings is 2. The molecule has 7 heteroatoms. The molecule has 2 aromatic rings. The van der Waals surface area contributed by atoms with Gasteiger partial charge in [-0.25, -0.2) is 4.79 Å². The third-order valence-electron chi connectivity index (χ3n) is 3.71. The normalized spacial score (nSPS) is 10.5. The lowest BCUT2D eigenvalue weighted by atomic mass is 10.1. The van der Waals surface area contributed by atoms with Crippen molar-refractivity contribution in [2.45, 2.75) is 13.8 Å². The van der Waals surface area contributed by atoms with Gasteiger partial charge >= 0.3 is 6.09 Å². The Morgan fingerprint density at radius 1 is 1.15 bits per heavy atom. The second kappa shape index (κ2) is 9.64. The van der Waals surface area contributed by atoms with E-state index < -0.39 is 6.09 Å². The van der Waals surface area contributed by atoms with E-state index in [1.807, 2.05) is 0 Å². The molecule has 0 radical (unpaired) electrons. The van der Waals surface area contributed by atoms with Gasteiger partial charge in [0.1, 0.15) is 5.75 Å². The first-order valence-electron chi connectivity index (χ1n) is 8.30. The van der Waals surface area contributed by atoms with E-state index in [1.165, 1.54) is 6.08 Å². The van der Waals surface area contributed by atoms with Gasteiger partial charge in [0.25, 0.3) is 0 Å². The van der Waals surface area contributed by atoms with Crippen molar-refractivity contribution in [3.8, 4) is 5.75 Å². The van der Waals surface area contributed by atoms with Crippen molar-refractivity contribution in [2.75, 3.05) is 24.4 Å². The van der Waals surface area contributed by atoms with Gasteiger partial charge in [-0.1, -0.05) is 17.7 Å². The average molecular weight is 389 g/mol. The largest absolute Gasteiger partial charge is 0.496 e. The molecule has 0 atom stereocenters. The number of amides is 2. The first-order valence-corrected chi connectivity index (χ1v) is 8.68. The summed E-state index contributed by atoms with van der Waals surface area (Å²) < 4.78 is 10.1. The lowest BCUT2D eigenvalue weighted by molar-refractivity contribution is -0.111. The molecule has 6 nitrogen and oxygen atoms in total. The Labute approximate surface area is 163 Å². The molecule has 2 amide bonds. The van der Waals surface area contributed by atoms with E-state index in [2.05, 4.69) is 10.6 Å². The minimum Gasteiger partial charge on any atom is -0.496 e. The number of nitrogens with one attached hydrogen (secondary N) is 2. The lowest BCUT2D eigenvalue weighted by Gasteiger charge is -2.12. The van der Waals surface area contributed by atoms with Gasteiger partial charge in [0.15, 0.2) is 0 Å². The van der Waals surface area contributed by atoms with Crippen molar-refractivity contribution in [3.05, 3.63) is 58.6 Å². The van der Waals surface area contributed by atoms with E-state index >= 15 is 0 Å². The predicted molar refractivity (Wildman–Crippen MR) is 107 cm³/mol. The quantitative estimate of drug-likeness (QED) is 0.691. The summed E-state index contributed by atoms with van der Waals surface area (Å²) in [7, 11) is 1.55. The van der Waals surface area contributed by atoms with Crippen LogP contribution in [0.25, 0.3) is 6.08 Å². The molecule has 0 fully saturated rings. The Kier molecular flexibility index (Phi) is 7.25. The molecule has 0 saturated heterocycles. The maximum absolute atomic E-state index is 12.3. The fourth-order valence-corrected chi connectivity index (χ4v) is 2.54. The van der Waals surface area contributed by atoms with Crippen LogP contribution in [0.1, 0.15) is 18.1 Å². The van der Waals surface area contributed by atoms with E-state index in [0.29, 0.717) is 33.3 Å². The molecule has 0 heterocycles. The minimum atomic E-state index is -0.544. The van der Waals surface area contributed by atoms with Crippen molar-refractivity contribution >= 4 is 41.1 Å². The molecular weight excluding hydrogens is 368 g/mol. The molecule has 142 valence electrons. The second-order valence-corrected chi connectivity index (χ2v) is 5.97. The standard InChI is InChI=1S/C20H21ClN2O4/c1-4-27-20(25)23-17-7-5-6-16(13(17)2)22-19(24)11-8-14-12-15(21)9-10-18(14)26-3/h5-12H,4H2,1-3H3,(H,22,24)(H,23,25). The van der Waals surface area contributed by atoms with Gasteiger partial charge in [0, 0.05) is 28.0 Å². The molecular formula is C20H21ClN2O4. The smallest absolute Gasteiger partial charge is 0.411 e. The molecule has 0 aliphatic heterocycles. The molecule has 0 saturated carbocycles. The average Bonchev–Trinajstić information content (AvgIpc) is 2.63. The van der Waals surface area contributed by atoms with Gasteiger partial charge in [0.05, 0.1) is 13.7 Å². The summed E-state index contributed by atoms with van der Waals surface area (Å²) in [6.45, 7) is 3.80. The maximum Gasteiger partial charge on any atom is 0.411 e. The monoisotopic (exact) mass is 388 g/mol. The molecule has 0 aromatic heterocycles. The molecule has 0 unspecified atom stereocenters. The van der Waals surface area contributed by atoms with Crippen LogP contribution in [0.2, 0.25) is 5.02 Å². The molecule has 2 N–H and O–H groups in total. The first-order chi connectivity index (χ1) is 12.9. The van der Waals surface area contributed by atoms with Gasteiger partial charge in [0.2, 0.25) is 5.91 Å². The molecule has 0 aliphatic carbocycles. The van der Waals surface area contributed by atoms with Gasteiger partial charge < -0.3 is 14.8 Å². The van der Waals surface area contributed by atoms with Crippen LogP contribution in [0.3, 0.4) is 0 Å². The fraction of sp³-hybridized carbons (Fsp3) is 0.200.